The van der Waals surface area contributed by atoms with Gasteiger partial charge in [0.2, 0.25) is 0 Å². The molecule has 17 heavy (non-hydrogen) atoms. The number of thiazole rings is 1. The van der Waals surface area contributed by atoms with Crippen LogP contribution in [0.4, 0.5) is 10.8 Å². The highest BCUT2D eigenvalue weighted by atomic mass is 35.5. The summed E-state index contributed by atoms with van der Waals surface area (Å²) in [5, 5.41) is 2.98. The second kappa shape index (κ2) is 5.52. The summed E-state index contributed by atoms with van der Waals surface area (Å²) >= 11 is 7.37. The van der Waals surface area contributed by atoms with E-state index in [0.717, 1.165) is 22.9 Å². The molecule has 0 atom stereocenters. The predicted octanol–water partition coefficient (Wildman–Crippen LogP) is 4.21. The van der Waals surface area contributed by atoms with Gasteiger partial charge in [0.1, 0.15) is 0 Å². The highest BCUT2D eigenvalue weighted by Crippen LogP contribution is 2.27. The van der Waals surface area contributed by atoms with Crippen molar-refractivity contribution in [2.24, 2.45) is 0 Å². The lowest BCUT2D eigenvalue weighted by molar-refractivity contribution is 1.11. The quantitative estimate of drug-likeness (QED) is 0.771. The lowest BCUT2D eigenvalue weighted by atomic mass is 10.1. The number of anilines is 2. The maximum absolute atomic E-state index is 5.76. The smallest absolute Gasteiger partial charge is 0.189 e. The van der Waals surface area contributed by atoms with Crippen molar-refractivity contribution in [1.82, 2.24) is 4.98 Å². The minimum absolute atomic E-state index is 0.471. The summed E-state index contributed by atoms with van der Waals surface area (Å²) in [6.07, 6.45) is 1.07. The molecule has 0 spiro atoms. The van der Waals surface area contributed by atoms with Crippen LogP contribution in [0.15, 0.2) is 29.6 Å². The maximum Gasteiger partial charge on any atom is 0.189 e. The first-order chi connectivity index (χ1) is 8.24. The van der Waals surface area contributed by atoms with E-state index in [-0.39, 0.29) is 0 Å². The van der Waals surface area contributed by atoms with Gasteiger partial charge in [-0.2, -0.15) is 0 Å². The number of rotatable bonds is 4. The van der Waals surface area contributed by atoms with E-state index < -0.39 is 0 Å². The number of benzene rings is 1. The van der Waals surface area contributed by atoms with E-state index in [1.807, 2.05) is 12.4 Å². The third-order valence-corrected chi connectivity index (χ3v) is 3.94. The fraction of sp³-hybridized carbons (Fsp3) is 0.308. The fourth-order valence-corrected chi connectivity index (χ4v) is 2.62. The molecular formula is C13H15ClN2S. The van der Waals surface area contributed by atoms with Crippen molar-refractivity contribution in [3.63, 3.8) is 0 Å². The Labute approximate surface area is 111 Å². The molecular weight excluding hydrogens is 252 g/mol. The second-order valence-electron chi connectivity index (χ2n) is 3.83. The van der Waals surface area contributed by atoms with Gasteiger partial charge in [0.25, 0.3) is 0 Å². The van der Waals surface area contributed by atoms with Gasteiger partial charge in [-0.1, -0.05) is 19.1 Å². The monoisotopic (exact) mass is 266 g/mol. The maximum atomic E-state index is 5.76. The molecule has 0 N–H and O–H groups in total. The number of hydrogen-bond acceptors (Lipinski definition) is 3. The van der Waals surface area contributed by atoms with Crippen LogP contribution in [-0.2, 0) is 12.3 Å². The predicted molar refractivity (Wildman–Crippen MR) is 75.6 cm³/mol. The van der Waals surface area contributed by atoms with E-state index in [1.54, 1.807) is 11.3 Å². The van der Waals surface area contributed by atoms with Gasteiger partial charge < -0.3 is 4.90 Å². The molecule has 90 valence electrons. The van der Waals surface area contributed by atoms with Crippen molar-refractivity contribution in [3.8, 4) is 0 Å². The number of aromatic nitrogens is 1. The molecule has 1 aromatic carbocycles. The lowest BCUT2D eigenvalue weighted by Crippen LogP contribution is -2.09. The van der Waals surface area contributed by atoms with E-state index in [4.69, 9.17) is 11.6 Å². The number of alkyl halides is 1. The summed E-state index contributed by atoms with van der Waals surface area (Å²) in [5.41, 5.74) is 3.43. The normalized spacial score (nSPS) is 10.5. The topological polar surface area (TPSA) is 16.1 Å². The Morgan fingerprint density at radius 2 is 2.00 bits per heavy atom. The molecule has 0 bridgehead atoms. The molecule has 0 unspecified atom stereocenters. The van der Waals surface area contributed by atoms with Crippen molar-refractivity contribution in [2.45, 2.75) is 19.2 Å². The number of hydrogen-bond donors (Lipinski definition) is 0. The highest BCUT2D eigenvalue weighted by molar-refractivity contribution is 7.13. The molecule has 0 amide bonds. The average Bonchev–Trinajstić information content (AvgIpc) is 2.87. The Kier molecular flexibility index (Phi) is 4.02. The van der Waals surface area contributed by atoms with Crippen LogP contribution in [0.5, 0.6) is 0 Å². The summed E-state index contributed by atoms with van der Waals surface area (Å²) in [6.45, 7) is 2.16. The lowest BCUT2D eigenvalue weighted by Gasteiger charge is -2.16. The largest absolute Gasteiger partial charge is 0.321 e. The zero-order valence-electron chi connectivity index (χ0n) is 9.98. The molecule has 0 fully saturated rings. The van der Waals surface area contributed by atoms with E-state index in [0.29, 0.717) is 5.88 Å². The third-order valence-electron chi connectivity index (χ3n) is 2.70. The molecule has 2 aromatic rings. The van der Waals surface area contributed by atoms with Gasteiger partial charge in [-0.05, 0) is 24.1 Å². The minimum atomic E-state index is 0.471. The number of aryl methyl sites for hydroxylation is 1. The van der Waals surface area contributed by atoms with Gasteiger partial charge in [0.15, 0.2) is 5.13 Å². The Morgan fingerprint density at radius 1 is 1.29 bits per heavy atom. The zero-order valence-corrected chi connectivity index (χ0v) is 11.6. The van der Waals surface area contributed by atoms with Crippen molar-refractivity contribution in [2.75, 3.05) is 11.9 Å². The van der Waals surface area contributed by atoms with Crippen LogP contribution < -0.4 is 4.90 Å². The van der Waals surface area contributed by atoms with E-state index in [2.05, 4.69) is 41.1 Å². The van der Waals surface area contributed by atoms with Crippen LogP contribution in [0.25, 0.3) is 0 Å². The third kappa shape index (κ3) is 2.79. The Bertz CT molecular complexity index is 478. The molecule has 2 nitrogen and oxygen atoms in total. The van der Waals surface area contributed by atoms with Gasteiger partial charge >= 0.3 is 0 Å². The summed E-state index contributed by atoms with van der Waals surface area (Å²) in [7, 11) is 2.03. The molecule has 0 saturated carbocycles. The van der Waals surface area contributed by atoms with Crippen molar-refractivity contribution >= 4 is 33.8 Å². The van der Waals surface area contributed by atoms with Crippen molar-refractivity contribution in [1.29, 1.82) is 0 Å². The minimum Gasteiger partial charge on any atom is -0.321 e. The summed E-state index contributed by atoms with van der Waals surface area (Å²) in [4.78, 5) is 6.54. The zero-order chi connectivity index (χ0) is 12.3. The van der Waals surface area contributed by atoms with E-state index >= 15 is 0 Å². The average molecular weight is 267 g/mol. The van der Waals surface area contributed by atoms with Gasteiger partial charge in [0.05, 0.1) is 11.6 Å². The van der Waals surface area contributed by atoms with E-state index in [9.17, 15) is 0 Å². The molecule has 1 heterocycles. The van der Waals surface area contributed by atoms with Gasteiger partial charge in [-0.15, -0.1) is 22.9 Å². The van der Waals surface area contributed by atoms with Crippen LogP contribution in [0, 0.1) is 0 Å². The second-order valence-corrected chi connectivity index (χ2v) is 4.94. The molecule has 0 aliphatic rings. The number of nitrogens with zero attached hydrogens (tertiary/aromatic N) is 2. The molecule has 0 radical (unpaired) electrons. The summed E-state index contributed by atoms with van der Waals surface area (Å²) < 4.78 is 0. The van der Waals surface area contributed by atoms with Crippen molar-refractivity contribution < 1.29 is 0 Å². The molecule has 1 aromatic heterocycles. The van der Waals surface area contributed by atoms with Gasteiger partial charge in [0, 0.05) is 18.1 Å². The first kappa shape index (κ1) is 12.4. The highest BCUT2D eigenvalue weighted by Gasteiger charge is 2.08. The standard InChI is InChI=1S/C13H15ClN2S/c1-3-10-4-6-12(7-5-10)16(2)13-15-11(8-14)9-17-13/h4-7,9H,3,8H2,1-2H3. The Hall–Kier alpha value is -1.06. The Morgan fingerprint density at radius 3 is 2.53 bits per heavy atom. The molecule has 2 rings (SSSR count). The Balaban J connectivity index is 2.20. The van der Waals surface area contributed by atoms with Crippen LogP contribution in [0.3, 0.4) is 0 Å². The molecule has 0 aliphatic heterocycles. The molecule has 0 saturated heterocycles. The van der Waals surface area contributed by atoms with Crippen LogP contribution in [0.2, 0.25) is 0 Å². The summed E-state index contributed by atoms with van der Waals surface area (Å²) in [6, 6.07) is 8.56. The van der Waals surface area contributed by atoms with E-state index in [1.165, 1.54) is 5.56 Å². The first-order valence-corrected chi connectivity index (χ1v) is 6.99. The van der Waals surface area contributed by atoms with Gasteiger partial charge in [-0.3, -0.25) is 0 Å². The SMILES string of the molecule is CCc1ccc(N(C)c2nc(CCl)cs2)cc1. The van der Waals surface area contributed by atoms with Crippen LogP contribution in [0.1, 0.15) is 18.2 Å². The van der Waals surface area contributed by atoms with Crippen LogP contribution in [-0.4, -0.2) is 12.0 Å². The molecule has 4 heteroatoms. The first-order valence-electron chi connectivity index (χ1n) is 5.57. The summed E-state index contributed by atoms with van der Waals surface area (Å²) in [5.74, 6) is 0.471. The van der Waals surface area contributed by atoms with Crippen LogP contribution >= 0.6 is 22.9 Å². The fourth-order valence-electron chi connectivity index (χ4n) is 1.58. The number of halogens is 1. The van der Waals surface area contributed by atoms with Gasteiger partial charge in [-0.25, -0.2) is 4.98 Å². The molecule has 0 aliphatic carbocycles. The van der Waals surface area contributed by atoms with Crippen molar-refractivity contribution in [3.05, 3.63) is 40.9 Å².